The van der Waals surface area contributed by atoms with Gasteiger partial charge in [-0.15, -0.1) is 11.3 Å². The SMILES string of the molecule is CCc1ncc(CNC(C)(C)CC)s1. The van der Waals surface area contributed by atoms with Crippen molar-refractivity contribution in [1.29, 1.82) is 0 Å². The van der Waals surface area contributed by atoms with E-state index in [9.17, 15) is 0 Å². The molecular weight excluding hydrogens is 192 g/mol. The fraction of sp³-hybridized carbons (Fsp3) is 0.727. The number of aromatic nitrogens is 1. The number of hydrogen-bond donors (Lipinski definition) is 1. The van der Waals surface area contributed by atoms with E-state index in [1.54, 1.807) is 0 Å². The van der Waals surface area contributed by atoms with Gasteiger partial charge >= 0.3 is 0 Å². The molecule has 0 bridgehead atoms. The zero-order valence-electron chi connectivity index (χ0n) is 9.55. The second kappa shape index (κ2) is 4.89. The zero-order valence-corrected chi connectivity index (χ0v) is 10.4. The molecule has 0 radical (unpaired) electrons. The summed E-state index contributed by atoms with van der Waals surface area (Å²) >= 11 is 1.81. The van der Waals surface area contributed by atoms with E-state index in [4.69, 9.17) is 0 Å². The number of aryl methyl sites for hydroxylation is 1. The molecule has 1 N–H and O–H groups in total. The highest BCUT2D eigenvalue weighted by atomic mass is 32.1. The summed E-state index contributed by atoms with van der Waals surface area (Å²) in [6, 6.07) is 0. The van der Waals surface area contributed by atoms with Crippen LogP contribution in [0, 0.1) is 0 Å². The lowest BCUT2D eigenvalue weighted by molar-refractivity contribution is 0.376. The Morgan fingerprint density at radius 2 is 2.14 bits per heavy atom. The maximum absolute atomic E-state index is 4.34. The molecular formula is C11H20N2S. The van der Waals surface area contributed by atoms with E-state index in [0.29, 0.717) is 0 Å². The Kier molecular flexibility index (Phi) is 4.08. The van der Waals surface area contributed by atoms with Gasteiger partial charge in [0.2, 0.25) is 0 Å². The molecule has 1 aromatic rings. The van der Waals surface area contributed by atoms with Crippen LogP contribution in [0.15, 0.2) is 6.20 Å². The van der Waals surface area contributed by atoms with E-state index in [1.165, 1.54) is 9.88 Å². The van der Waals surface area contributed by atoms with Gasteiger partial charge in [-0.2, -0.15) is 0 Å². The summed E-state index contributed by atoms with van der Waals surface area (Å²) in [4.78, 5) is 5.68. The highest BCUT2D eigenvalue weighted by Crippen LogP contribution is 2.15. The topological polar surface area (TPSA) is 24.9 Å². The van der Waals surface area contributed by atoms with Crippen LogP contribution < -0.4 is 5.32 Å². The van der Waals surface area contributed by atoms with Crippen LogP contribution in [0.4, 0.5) is 0 Å². The average Bonchev–Trinajstić information content (AvgIpc) is 2.63. The zero-order chi connectivity index (χ0) is 10.6. The van der Waals surface area contributed by atoms with Gasteiger partial charge in [0.05, 0.1) is 5.01 Å². The highest BCUT2D eigenvalue weighted by molar-refractivity contribution is 7.11. The van der Waals surface area contributed by atoms with Crippen molar-refractivity contribution < 1.29 is 0 Å². The van der Waals surface area contributed by atoms with E-state index in [-0.39, 0.29) is 5.54 Å². The number of hydrogen-bond acceptors (Lipinski definition) is 3. The molecule has 80 valence electrons. The van der Waals surface area contributed by atoms with E-state index in [0.717, 1.165) is 19.4 Å². The monoisotopic (exact) mass is 212 g/mol. The van der Waals surface area contributed by atoms with Gasteiger partial charge in [-0.05, 0) is 26.7 Å². The molecule has 0 aromatic carbocycles. The molecule has 1 aromatic heterocycles. The Morgan fingerprint density at radius 1 is 1.43 bits per heavy atom. The molecule has 3 heteroatoms. The van der Waals surface area contributed by atoms with E-state index in [2.05, 4.69) is 38.0 Å². The van der Waals surface area contributed by atoms with Crippen molar-refractivity contribution in [2.45, 2.75) is 52.6 Å². The minimum atomic E-state index is 0.233. The highest BCUT2D eigenvalue weighted by Gasteiger charge is 2.13. The molecule has 0 amide bonds. The molecule has 0 spiro atoms. The lowest BCUT2D eigenvalue weighted by Gasteiger charge is -2.23. The van der Waals surface area contributed by atoms with E-state index >= 15 is 0 Å². The van der Waals surface area contributed by atoms with E-state index in [1.807, 2.05) is 17.5 Å². The summed E-state index contributed by atoms with van der Waals surface area (Å²) in [6.45, 7) is 9.76. The van der Waals surface area contributed by atoms with Crippen LogP contribution in [0.2, 0.25) is 0 Å². The minimum absolute atomic E-state index is 0.233. The molecule has 2 nitrogen and oxygen atoms in total. The third-order valence-electron chi connectivity index (χ3n) is 2.53. The molecule has 1 rings (SSSR count). The van der Waals surface area contributed by atoms with Crippen LogP contribution in [0.1, 0.15) is 44.0 Å². The summed E-state index contributed by atoms with van der Waals surface area (Å²) in [5.41, 5.74) is 0.233. The lowest BCUT2D eigenvalue weighted by Crippen LogP contribution is -2.37. The van der Waals surface area contributed by atoms with Crippen LogP contribution in [0.25, 0.3) is 0 Å². The van der Waals surface area contributed by atoms with Gasteiger partial charge in [0.1, 0.15) is 0 Å². The second-order valence-corrected chi connectivity index (χ2v) is 5.36. The van der Waals surface area contributed by atoms with Crippen molar-refractivity contribution in [2.75, 3.05) is 0 Å². The van der Waals surface area contributed by atoms with Crippen molar-refractivity contribution in [2.24, 2.45) is 0 Å². The summed E-state index contributed by atoms with van der Waals surface area (Å²) in [6.07, 6.45) is 4.18. The first kappa shape index (κ1) is 11.7. The molecule has 14 heavy (non-hydrogen) atoms. The fourth-order valence-corrected chi connectivity index (χ4v) is 1.85. The summed E-state index contributed by atoms with van der Waals surface area (Å²) in [7, 11) is 0. The summed E-state index contributed by atoms with van der Waals surface area (Å²) in [5.74, 6) is 0. The predicted octanol–water partition coefficient (Wildman–Crippen LogP) is 2.98. The maximum Gasteiger partial charge on any atom is 0.0925 e. The van der Waals surface area contributed by atoms with Gasteiger partial charge in [-0.25, -0.2) is 4.98 Å². The standard InChI is InChI=1S/C11H20N2S/c1-5-10-12-7-9(14-10)8-13-11(3,4)6-2/h7,13H,5-6,8H2,1-4H3. The number of nitrogens with zero attached hydrogens (tertiary/aromatic N) is 1. The Balaban J connectivity index is 2.45. The largest absolute Gasteiger partial charge is 0.307 e. The van der Waals surface area contributed by atoms with E-state index < -0.39 is 0 Å². The maximum atomic E-state index is 4.34. The number of rotatable bonds is 5. The third kappa shape index (κ3) is 3.39. The first-order valence-electron chi connectivity index (χ1n) is 5.26. The fourth-order valence-electron chi connectivity index (χ4n) is 1.04. The molecule has 0 aliphatic rings. The van der Waals surface area contributed by atoms with Crippen LogP contribution in [0.5, 0.6) is 0 Å². The van der Waals surface area contributed by atoms with Crippen LogP contribution >= 0.6 is 11.3 Å². The van der Waals surface area contributed by atoms with Gasteiger partial charge in [0.25, 0.3) is 0 Å². The van der Waals surface area contributed by atoms with Crippen molar-refractivity contribution in [3.05, 3.63) is 16.1 Å². The van der Waals surface area contributed by atoms with Crippen molar-refractivity contribution >= 4 is 11.3 Å². The first-order valence-corrected chi connectivity index (χ1v) is 6.07. The molecule has 1 heterocycles. The summed E-state index contributed by atoms with van der Waals surface area (Å²) < 4.78 is 0. The molecule has 0 aliphatic carbocycles. The van der Waals surface area contributed by atoms with Crippen molar-refractivity contribution in [1.82, 2.24) is 10.3 Å². The van der Waals surface area contributed by atoms with Gasteiger partial charge in [-0.1, -0.05) is 13.8 Å². The number of thiazole rings is 1. The molecule has 0 unspecified atom stereocenters. The van der Waals surface area contributed by atoms with Crippen molar-refractivity contribution in [3.8, 4) is 0 Å². The predicted molar refractivity (Wildman–Crippen MR) is 62.7 cm³/mol. The Morgan fingerprint density at radius 3 is 2.64 bits per heavy atom. The first-order chi connectivity index (χ1) is 6.57. The Bertz CT molecular complexity index is 279. The molecule has 0 aliphatic heterocycles. The average molecular weight is 212 g/mol. The quantitative estimate of drug-likeness (QED) is 0.811. The minimum Gasteiger partial charge on any atom is -0.307 e. The molecule has 0 saturated carbocycles. The van der Waals surface area contributed by atoms with Crippen LogP contribution in [-0.4, -0.2) is 10.5 Å². The van der Waals surface area contributed by atoms with Crippen LogP contribution in [-0.2, 0) is 13.0 Å². The van der Waals surface area contributed by atoms with Gasteiger partial charge in [0.15, 0.2) is 0 Å². The number of nitrogens with one attached hydrogen (secondary N) is 1. The van der Waals surface area contributed by atoms with Gasteiger partial charge in [-0.3, -0.25) is 0 Å². The second-order valence-electron chi connectivity index (χ2n) is 4.16. The molecule has 0 fully saturated rings. The summed E-state index contributed by atoms with van der Waals surface area (Å²) in [5, 5.41) is 4.77. The third-order valence-corrected chi connectivity index (χ3v) is 3.67. The van der Waals surface area contributed by atoms with Gasteiger partial charge in [0, 0.05) is 23.2 Å². The molecule has 0 atom stereocenters. The van der Waals surface area contributed by atoms with Gasteiger partial charge < -0.3 is 5.32 Å². The van der Waals surface area contributed by atoms with Crippen molar-refractivity contribution in [3.63, 3.8) is 0 Å². The molecule has 0 saturated heterocycles. The lowest BCUT2D eigenvalue weighted by atomic mass is 10.0. The smallest absolute Gasteiger partial charge is 0.0925 e. The normalized spacial score (nSPS) is 12.0. The Hall–Kier alpha value is -0.410. The van der Waals surface area contributed by atoms with Crippen LogP contribution in [0.3, 0.4) is 0 Å². The Labute approximate surface area is 90.8 Å².